The van der Waals surface area contributed by atoms with Gasteiger partial charge in [-0.1, -0.05) is 35.3 Å². The Balaban J connectivity index is 1.73. The third-order valence-corrected chi connectivity index (χ3v) is 5.53. The maximum absolute atomic E-state index is 13.2. The number of pyridine rings is 1. The molecule has 4 nitrogen and oxygen atoms in total. The van der Waals surface area contributed by atoms with Gasteiger partial charge in [0.2, 0.25) is 0 Å². The van der Waals surface area contributed by atoms with Crippen LogP contribution in [0, 0.1) is 0 Å². The Bertz CT molecular complexity index is 1020. The van der Waals surface area contributed by atoms with Gasteiger partial charge in [-0.3, -0.25) is 9.78 Å². The number of halogens is 2. The first-order valence-corrected chi connectivity index (χ1v) is 10.2. The number of rotatable bonds is 4. The first-order chi connectivity index (χ1) is 13.6. The maximum atomic E-state index is 13.2. The van der Waals surface area contributed by atoms with E-state index in [0.717, 1.165) is 48.1 Å². The number of likely N-dealkylation sites (tertiary alicyclic amines) is 1. The number of nitrogens with one attached hydrogen (secondary N) is 1. The number of benzene rings is 2. The van der Waals surface area contributed by atoms with Crippen LogP contribution in [0.15, 0.2) is 48.7 Å². The summed E-state index contributed by atoms with van der Waals surface area (Å²) >= 11 is 12.4. The smallest absolute Gasteiger partial charge is 0.257 e. The number of piperidine rings is 1. The van der Waals surface area contributed by atoms with E-state index in [1.165, 1.54) is 6.42 Å². The summed E-state index contributed by atoms with van der Waals surface area (Å²) in [5, 5.41) is 5.59. The normalized spacial score (nSPS) is 14.3. The van der Waals surface area contributed by atoms with Gasteiger partial charge in [0.15, 0.2) is 0 Å². The van der Waals surface area contributed by atoms with Crippen molar-refractivity contribution in [2.24, 2.45) is 0 Å². The minimum atomic E-state index is 0.0164. The molecule has 1 saturated heterocycles. The highest BCUT2D eigenvalue weighted by Crippen LogP contribution is 2.30. The van der Waals surface area contributed by atoms with Crippen molar-refractivity contribution in [1.29, 1.82) is 0 Å². The Morgan fingerprint density at radius 2 is 1.82 bits per heavy atom. The van der Waals surface area contributed by atoms with Gasteiger partial charge in [-0.05, 0) is 55.2 Å². The molecule has 1 N–H and O–H groups in total. The summed E-state index contributed by atoms with van der Waals surface area (Å²) in [4.78, 5) is 19.6. The molecule has 28 heavy (non-hydrogen) atoms. The molecule has 2 heterocycles. The highest BCUT2D eigenvalue weighted by Gasteiger charge is 2.22. The Kier molecular flexibility index (Phi) is 5.69. The molecule has 6 heteroatoms. The molecule has 1 fully saturated rings. The van der Waals surface area contributed by atoms with Crippen LogP contribution in [0.25, 0.3) is 10.9 Å². The lowest BCUT2D eigenvalue weighted by Crippen LogP contribution is -2.36. The van der Waals surface area contributed by atoms with E-state index >= 15 is 0 Å². The van der Waals surface area contributed by atoms with Crippen LogP contribution >= 0.6 is 23.2 Å². The lowest BCUT2D eigenvalue weighted by Gasteiger charge is -2.27. The predicted molar refractivity (Wildman–Crippen MR) is 115 cm³/mol. The topological polar surface area (TPSA) is 45.2 Å². The molecule has 1 amide bonds. The van der Waals surface area contributed by atoms with Crippen molar-refractivity contribution in [2.45, 2.75) is 25.8 Å². The molecule has 0 aliphatic carbocycles. The second-order valence-corrected chi connectivity index (χ2v) is 7.92. The van der Waals surface area contributed by atoms with Gasteiger partial charge < -0.3 is 10.2 Å². The standard InChI is InChI=1S/C22H21Cl2N3O/c23-16-6-4-5-15(11-16)13-26-21-18-12-17(24)7-8-20(18)25-14-19(21)22(28)27-9-2-1-3-10-27/h4-8,11-12,14H,1-3,9-10,13H2,(H,25,26). The SMILES string of the molecule is O=C(c1cnc2ccc(Cl)cc2c1NCc1cccc(Cl)c1)N1CCCCC1. The predicted octanol–water partition coefficient (Wildman–Crippen LogP) is 5.78. The molecule has 0 radical (unpaired) electrons. The first-order valence-electron chi connectivity index (χ1n) is 9.48. The molecular formula is C22H21Cl2N3O. The van der Waals surface area contributed by atoms with Gasteiger partial charge in [0.1, 0.15) is 0 Å². The van der Waals surface area contributed by atoms with Crippen LogP contribution in [0.3, 0.4) is 0 Å². The van der Waals surface area contributed by atoms with E-state index in [0.29, 0.717) is 22.2 Å². The van der Waals surface area contributed by atoms with Crippen LogP contribution in [-0.2, 0) is 6.54 Å². The van der Waals surface area contributed by atoms with Crippen molar-refractivity contribution in [1.82, 2.24) is 9.88 Å². The molecule has 0 atom stereocenters. The van der Waals surface area contributed by atoms with Crippen LogP contribution < -0.4 is 5.32 Å². The van der Waals surface area contributed by atoms with E-state index in [-0.39, 0.29) is 5.91 Å². The number of nitrogens with zero attached hydrogens (tertiary/aromatic N) is 2. The number of hydrogen-bond donors (Lipinski definition) is 1. The summed E-state index contributed by atoms with van der Waals surface area (Å²) < 4.78 is 0. The summed E-state index contributed by atoms with van der Waals surface area (Å²) in [6, 6.07) is 13.2. The van der Waals surface area contributed by atoms with Gasteiger partial charge >= 0.3 is 0 Å². The van der Waals surface area contributed by atoms with Gasteiger partial charge in [-0.25, -0.2) is 0 Å². The van der Waals surface area contributed by atoms with E-state index in [1.54, 1.807) is 6.20 Å². The van der Waals surface area contributed by atoms with Crippen molar-refractivity contribution < 1.29 is 4.79 Å². The minimum absolute atomic E-state index is 0.0164. The van der Waals surface area contributed by atoms with Crippen LogP contribution in [0.5, 0.6) is 0 Å². The van der Waals surface area contributed by atoms with Gasteiger partial charge in [-0.15, -0.1) is 0 Å². The quantitative estimate of drug-likeness (QED) is 0.589. The average molecular weight is 414 g/mol. The van der Waals surface area contributed by atoms with Crippen molar-refractivity contribution in [3.8, 4) is 0 Å². The summed E-state index contributed by atoms with van der Waals surface area (Å²) in [7, 11) is 0. The van der Waals surface area contributed by atoms with Crippen LogP contribution in [0.1, 0.15) is 35.2 Å². The maximum Gasteiger partial charge on any atom is 0.257 e. The molecule has 1 aliphatic heterocycles. The monoisotopic (exact) mass is 413 g/mol. The second kappa shape index (κ2) is 8.38. The number of fused-ring (bicyclic) bond motifs is 1. The van der Waals surface area contributed by atoms with Crippen molar-refractivity contribution in [2.75, 3.05) is 18.4 Å². The highest BCUT2D eigenvalue weighted by atomic mass is 35.5. The van der Waals surface area contributed by atoms with Gasteiger partial charge in [0.25, 0.3) is 5.91 Å². The minimum Gasteiger partial charge on any atom is -0.380 e. The lowest BCUT2D eigenvalue weighted by molar-refractivity contribution is 0.0725. The summed E-state index contributed by atoms with van der Waals surface area (Å²) in [5.41, 5.74) is 3.19. The molecule has 144 valence electrons. The molecule has 0 bridgehead atoms. The van der Waals surface area contributed by atoms with Crippen LogP contribution in [-0.4, -0.2) is 28.9 Å². The first kappa shape index (κ1) is 19.0. The van der Waals surface area contributed by atoms with Gasteiger partial charge in [-0.2, -0.15) is 0 Å². The van der Waals surface area contributed by atoms with Gasteiger partial charge in [0.05, 0.1) is 16.8 Å². The molecule has 0 spiro atoms. The van der Waals surface area contributed by atoms with Gasteiger partial charge in [0, 0.05) is 41.3 Å². The third kappa shape index (κ3) is 4.08. The Morgan fingerprint density at radius 3 is 2.61 bits per heavy atom. The third-order valence-electron chi connectivity index (χ3n) is 5.06. The molecule has 2 aromatic carbocycles. The van der Waals surface area contributed by atoms with E-state index < -0.39 is 0 Å². The number of anilines is 1. The Morgan fingerprint density at radius 1 is 1.04 bits per heavy atom. The summed E-state index contributed by atoms with van der Waals surface area (Å²) in [5.74, 6) is 0.0164. The summed E-state index contributed by atoms with van der Waals surface area (Å²) in [6.07, 6.45) is 4.94. The van der Waals surface area contributed by atoms with E-state index in [1.807, 2.05) is 47.4 Å². The zero-order valence-corrected chi connectivity index (χ0v) is 16.9. The highest BCUT2D eigenvalue weighted by molar-refractivity contribution is 6.31. The van der Waals surface area contributed by atoms with E-state index in [9.17, 15) is 4.79 Å². The zero-order valence-electron chi connectivity index (χ0n) is 15.4. The fourth-order valence-corrected chi connectivity index (χ4v) is 4.01. The molecule has 1 aliphatic rings. The van der Waals surface area contributed by atoms with Crippen LogP contribution in [0.4, 0.5) is 5.69 Å². The molecule has 1 aromatic heterocycles. The van der Waals surface area contributed by atoms with Crippen LogP contribution in [0.2, 0.25) is 10.0 Å². The van der Waals surface area contributed by atoms with Crippen molar-refractivity contribution >= 4 is 45.7 Å². The van der Waals surface area contributed by atoms with E-state index in [4.69, 9.17) is 23.2 Å². The van der Waals surface area contributed by atoms with Crippen molar-refractivity contribution in [3.05, 3.63) is 69.8 Å². The Hall–Kier alpha value is -2.30. The largest absolute Gasteiger partial charge is 0.380 e. The molecule has 0 unspecified atom stereocenters. The average Bonchev–Trinajstić information content (AvgIpc) is 2.72. The fourth-order valence-electron chi connectivity index (χ4n) is 3.62. The number of amides is 1. The number of carbonyl (C=O) groups is 1. The number of carbonyl (C=O) groups excluding carboxylic acids is 1. The molecule has 4 rings (SSSR count). The van der Waals surface area contributed by atoms with Crippen molar-refractivity contribution in [3.63, 3.8) is 0 Å². The summed E-state index contributed by atoms with van der Waals surface area (Å²) in [6.45, 7) is 2.13. The second-order valence-electron chi connectivity index (χ2n) is 7.04. The molecular weight excluding hydrogens is 393 g/mol. The van der Waals surface area contributed by atoms with E-state index in [2.05, 4.69) is 10.3 Å². The molecule has 3 aromatic rings. The fraction of sp³-hybridized carbons (Fsp3) is 0.273. The number of hydrogen-bond acceptors (Lipinski definition) is 3. The lowest BCUT2D eigenvalue weighted by atomic mass is 10.1. The number of aromatic nitrogens is 1. The zero-order chi connectivity index (χ0) is 19.5. The molecule has 0 saturated carbocycles. The Labute approximate surface area is 174 Å².